The van der Waals surface area contributed by atoms with Crippen LogP contribution in [0, 0.1) is 3.57 Å². The van der Waals surface area contributed by atoms with E-state index in [2.05, 4.69) is 27.6 Å². The molecule has 0 unspecified atom stereocenters. The van der Waals surface area contributed by atoms with E-state index in [9.17, 15) is 4.79 Å². The maximum Gasteiger partial charge on any atom is 0.260 e. The van der Waals surface area contributed by atoms with Gasteiger partial charge in [-0.25, -0.2) is 4.98 Å². The van der Waals surface area contributed by atoms with Gasteiger partial charge in [-0.2, -0.15) is 0 Å². The lowest BCUT2D eigenvalue weighted by atomic mass is 10.2. The molecule has 0 aliphatic carbocycles. The third-order valence-corrected chi connectivity index (χ3v) is 4.19. The van der Waals surface area contributed by atoms with Gasteiger partial charge in [0, 0.05) is 27.2 Å². The molecule has 0 spiro atoms. The topological polar surface area (TPSA) is 33.2 Å². The summed E-state index contributed by atoms with van der Waals surface area (Å²) >= 11 is 9.45. The van der Waals surface area contributed by atoms with Gasteiger partial charge in [-0.05, 0) is 40.8 Å². The summed E-state index contributed by atoms with van der Waals surface area (Å²) in [5.74, 6) is -0.105. The molecule has 1 aromatic heterocycles. The van der Waals surface area contributed by atoms with Crippen molar-refractivity contribution < 1.29 is 4.79 Å². The third-order valence-electron chi connectivity index (χ3n) is 2.17. The number of thiazole rings is 1. The zero-order chi connectivity index (χ0) is 12.4. The summed E-state index contributed by atoms with van der Waals surface area (Å²) in [6.45, 7) is 0. The Hall–Kier alpha value is -0.660. The first-order chi connectivity index (χ1) is 8.09. The molecule has 1 heterocycles. The van der Waals surface area contributed by atoms with Gasteiger partial charge in [0.2, 0.25) is 0 Å². The highest BCUT2D eigenvalue weighted by molar-refractivity contribution is 14.1. The van der Waals surface area contributed by atoms with Crippen molar-refractivity contribution in [2.45, 2.75) is 0 Å². The van der Waals surface area contributed by atoms with Gasteiger partial charge in [0.25, 0.3) is 5.91 Å². The fourth-order valence-electron chi connectivity index (χ4n) is 1.31. The monoisotopic (exact) mass is 378 g/mol. The van der Waals surface area contributed by atoms with E-state index in [-0.39, 0.29) is 5.91 Å². The number of hydrogen-bond acceptors (Lipinski definition) is 3. The van der Waals surface area contributed by atoms with E-state index < -0.39 is 0 Å². The number of carbonyl (C=O) groups is 1. The first-order valence-electron chi connectivity index (χ1n) is 4.72. The summed E-state index contributed by atoms with van der Waals surface area (Å²) < 4.78 is 0.875. The second-order valence-electron chi connectivity index (χ2n) is 3.30. The molecule has 0 saturated carbocycles. The van der Waals surface area contributed by atoms with Crippen LogP contribution in [0.1, 0.15) is 10.4 Å². The van der Waals surface area contributed by atoms with E-state index in [0.717, 1.165) is 3.57 Å². The number of rotatable bonds is 2. The molecule has 3 nitrogen and oxygen atoms in total. The molecule has 1 aromatic carbocycles. The van der Waals surface area contributed by atoms with E-state index >= 15 is 0 Å². The Morgan fingerprint density at radius 2 is 2.29 bits per heavy atom. The van der Waals surface area contributed by atoms with Crippen LogP contribution < -0.4 is 4.90 Å². The van der Waals surface area contributed by atoms with Crippen LogP contribution in [0.15, 0.2) is 29.8 Å². The van der Waals surface area contributed by atoms with Gasteiger partial charge in [0.15, 0.2) is 5.13 Å². The lowest BCUT2D eigenvalue weighted by molar-refractivity contribution is 0.0992. The zero-order valence-electron chi connectivity index (χ0n) is 8.85. The van der Waals surface area contributed by atoms with Gasteiger partial charge in [-0.3, -0.25) is 9.69 Å². The van der Waals surface area contributed by atoms with Crippen LogP contribution in [-0.4, -0.2) is 17.9 Å². The molecule has 88 valence electrons. The minimum atomic E-state index is -0.105. The summed E-state index contributed by atoms with van der Waals surface area (Å²) in [5.41, 5.74) is 0.593. The number of amides is 1. The Kier molecular flexibility index (Phi) is 4.01. The molecule has 17 heavy (non-hydrogen) atoms. The minimum Gasteiger partial charge on any atom is -0.287 e. The Labute approximate surface area is 122 Å². The fourth-order valence-corrected chi connectivity index (χ4v) is 2.65. The van der Waals surface area contributed by atoms with E-state index in [1.54, 1.807) is 25.4 Å². The van der Waals surface area contributed by atoms with Gasteiger partial charge < -0.3 is 0 Å². The molecular weight excluding hydrogens is 371 g/mol. The Morgan fingerprint density at radius 1 is 1.53 bits per heavy atom. The lowest BCUT2D eigenvalue weighted by Gasteiger charge is -2.14. The van der Waals surface area contributed by atoms with Gasteiger partial charge >= 0.3 is 0 Å². The van der Waals surface area contributed by atoms with Crippen molar-refractivity contribution in [3.63, 3.8) is 0 Å². The van der Waals surface area contributed by atoms with Crippen LogP contribution in [0.3, 0.4) is 0 Å². The average Bonchev–Trinajstić information content (AvgIpc) is 2.84. The standard InChI is InChI=1S/C11H8ClIN2OS/c1-15(11-14-4-5-17-11)10(16)8-6-7(12)2-3-9(8)13/h2-6H,1H3. The number of hydrogen-bond donors (Lipinski definition) is 0. The first-order valence-corrected chi connectivity index (χ1v) is 7.06. The zero-order valence-corrected chi connectivity index (χ0v) is 12.6. The average molecular weight is 379 g/mol. The molecule has 0 fully saturated rings. The van der Waals surface area contributed by atoms with Crippen LogP contribution in [0.25, 0.3) is 0 Å². The van der Waals surface area contributed by atoms with Crippen molar-refractivity contribution in [2.24, 2.45) is 0 Å². The first kappa shape index (κ1) is 12.8. The second-order valence-corrected chi connectivity index (χ2v) is 5.77. The molecule has 0 aliphatic heterocycles. The van der Waals surface area contributed by atoms with Crippen molar-refractivity contribution >= 4 is 56.6 Å². The molecule has 2 aromatic rings. The van der Waals surface area contributed by atoms with Crippen molar-refractivity contribution in [1.82, 2.24) is 4.98 Å². The number of halogens is 2. The minimum absolute atomic E-state index is 0.105. The summed E-state index contributed by atoms with van der Waals surface area (Å²) in [7, 11) is 1.71. The molecule has 0 aliphatic rings. The highest BCUT2D eigenvalue weighted by Crippen LogP contribution is 2.23. The lowest BCUT2D eigenvalue weighted by Crippen LogP contribution is -2.26. The van der Waals surface area contributed by atoms with Gasteiger partial charge in [0.05, 0.1) is 5.56 Å². The van der Waals surface area contributed by atoms with Gasteiger partial charge in [-0.1, -0.05) is 11.6 Å². The highest BCUT2D eigenvalue weighted by Gasteiger charge is 2.18. The van der Waals surface area contributed by atoms with Crippen molar-refractivity contribution in [2.75, 3.05) is 11.9 Å². The van der Waals surface area contributed by atoms with Crippen molar-refractivity contribution in [3.05, 3.63) is 43.9 Å². The molecule has 0 radical (unpaired) electrons. The predicted octanol–water partition coefficient (Wildman–Crippen LogP) is 3.68. The SMILES string of the molecule is CN(C(=O)c1cc(Cl)ccc1I)c1nccs1. The molecule has 1 amide bonds. The normalized spacial score (nSPS) is 10.3. The smallest absolute Gasteiger partial charge is 0.260 e. The second kappa shape index (κ2) is 5.32. The Bertz CT molecular complexity index is 544. The number of nitrogens with zero attached hydrogens (tertiary/aromatic N) is 2. The Morgan fingerprint density at radius 3 is 2.94 bits per heavy atom. The van der Waals surface area contributed by atoms with Crippen molar-refractivity contribution in [3.8, 4) is 0 Å². The summed E-state index contributed by atoms with van der Waals surface area (Å²) in [4.78, 5) is 17.9. The summed E-state index contributed by atoms with van der Waals surface area (Å²) in [6, 6.07) is 5.27. The maximum atomic E-state index is 12.2. The fraction of sp³-hybridized carbons (Fsp3) is 0.0909. The van der Waals surface area contributed by atoms with Crippen molar-refractivity contribution in [1.29, 1.82) is 0 Å². The molecule has 0 N–H and O–H groups in total. The number of aromatic nitrogens is 1. The van der Waals surface area contributed by atoms with Crippen LogP contribution >= 0.6 is 45.5 Å². The van der Waals surface area contributed by atoms with E-state index in [1.165, 1.54) is 16.2 Å². The molecular formula is C11H8ClIN2OS. The van der Waals surface area contributed by atoms with E-state index in [4.69, 9.17) is 11.6 Å². The number of carbonyl (C=O) groups excluding carboxylic acids is 1. The van der Waals surface area contributed by atoms with Gasteiger partial charge in [0.1, 0.15) is 0 Å². The summed E-state index contributed by atoms with van der Waals surface area (Å²) in [6.07, 6.45) is 1.67. The molecule has 0 saturated heterocycles. The summed E-state index contributed by atoms with van der Waals surface area (Å²) in [5, 5.41) is 3.06. The Balaban J connectivity index is 2.34. The number of anilines is 1. The van der Waals surface area contributed by atoms with E-state index in [0.29, 0.717) is 15.7 Å². The van der Waals surface area contributed by atoms with Crippen LogP contribution in [0.5, 0.6) is 0 Å². The molecule has 0 bridgehead atoms. The highest BCUT2D eigenvalue weighted by atomic mass is 127. The third kappa shape index (κ3) is 2.78. The maximum absolute atomic E-state index is 12.2. The van der Waals surface area contributed by atoms with Crippen LogP contribution in [0.4, 0.5) is 5.13 Å². The van der Waals surface area contributed by atoms with Crippen LogP contribution in [0.2, 0.25) is 5.02 Å². The predicted molar refractivity (Wildman–Crippen MR) is 79.0 cm³/mol. The largest absolute Gasteiger partial charge is 0.287 e. The molecule has 6 heteroatoms. The van der Waals surface area contributed by atoms with E-state index in [1.807, 2.05) is 11.4 Å². The van der Waals surface area contributed by atoms with Crippen LogP contribution in [-0.2, 0) is 0 Å². The number of benzene rings is 1. The van der Waals surface area contributed by atoms with Gasteiger partial charge in [-0.15, -0.1) is 11.3 Å². The molecule has 2 rings (SSSR count). The molecule has 0 atom stereocenters. The quantitative estimate of drug-likeness (QED) is 0.747.